The quantitative estimate of drug-likeness (QED) is 0.795. The van der Waals surface area contributed by atoms with Gasteiger partial charge in [-0.15, -0.1) is 0 Å². The van der Waals surface area contributed by atoms with Crippen molar-refractivity contribution >= 4 is 38.3 Å². The van der Waals surface area contributed by atoms with Crippen molar-refractivity contribution in [2.75, 3.05) is 5.32 Å². The molecule has 3 heteroatoms. The summed E-state index contributed by atoms with van der Waals surface area (Å²) < 4.78 is 1.06. The van der Waals surface area contributed by atoms with Crippen molar-refractivity contribution in [2.45, 2.75) is 34.1 Å². The number of carbonyl (C=O) groups is 1. The van der Waals surface area contributed by atoms with Gasteiger partial charge >= 0.3 is 0 Å². The molecule has 0 fully saturated rings. The minimum absolute atomic E-state index is 0.0108. The van der Waals surface area contributed by atoms with Crippen molar-refractivity contribution in [1.29, 1.82) is 0 Å². The molecular weight excluding hydrogens is 314 g/mol. The second-order valence-electron chi connectivity index (χ2n) is 6.38. The highest BCUT2D eigenvalue weighted by Gasteiger charge is 2.17. The van der Waals surface area contributed by atoms with Crippen LogP contribution in [0.4, 0.5) is 5.69 Å². The zero-order chi connectivity index (χ0) is 14.9. The molecule has 0 unspecified atom stereocenters. The summed E-state index contributed by atoms with van der Waals surface area (Å²) in [5, 5.41) is 5.26. The fourth-order valence-electron chi connectivity index (χ4n) is 2.29. The highest BCUT2D eigenvalue weighted by Crippen LogP contribution is 2.33. The van der Waals surface area contributed by atoms with Gasteiger partial charge in [0.1, 0.15) is 0 Å². The van der Waals surface area contributed by atoms with Crippen LogP contribution in [0.3, 0.4) is 0 Å². The van der Waals surface area contributed by atoms with Gasteiger partial charge in [-0.25, -0.2) is 0 Å². The summed E-state index contributed by atoms with van der Waals surface area (Å²) in [5.41, 5.74) is 1.97. The van der Waals surface area contributed by atoms with Crippen molar-refractivity contribution in [2.24, 2.45) is 5.41 Å². The number of rotatable bonds is 2. The summed E-state index contributed by atoms with van der Waals surface area (Å²) in [6, 6.07) is 10.1. The van der Waals surface area contributed by atoms with Crippen LogP contribution in [0.15, 0.2) is 34.8 Å². The SMILES string of the molecule is Cc1cc(Br)c2ccccc2c1NC(=O)CC(C)(C)C. The van der Waals surface area contributed by atoms with Crippen molar-refractivity contribution < 1.29 is 4.79 Å². The van der Waals surface area contributed by atoms with E-state index in [1.54, 1.807) is 0 Å². The lowest BCUT2D eigenvalue weighted by Gasteiger charge is -2.19. The maximum atomic E-state index is 12.2. The Labute approximate surface area is 128 Å². The van der Waals surface area contributed by atoms with Gasteiger partial charge in [0, 0.05) is 16.3 Å². The summed E-state index contributed by atoms with van der Waals surface area (Å²) in [6.07, 6.45) is 0.511. The molecule has 0 saturated carbocycles. The summed E-state index contributed by atoms with van der Waals surface area (Å²) in [4.78, 5) is 12.2. The predicted molar refractivity (Wildman–Crippen MR) is 89.1 cm³/mol. The highest BCUT2D eigenvalue weighted by atomic mass is 79.9. The Morgan fingerprint density at radius 1 is 1.20 bits per heavy atom. The Bertz CT molecular complexity index is 656. The van der Waals surface area contributed by atoms with E-state index >= 15 is 0 Å². The summed E-state index contributed by atoms with van der Waals surface area (Å²) >= 11 is 3.58. The molecule has 0 spiro atoms. The van der Waals surface area contributed by atoms with Crippen LogP contribution in [0.2, 0.25) is 0 Å². The zero-order valence-corrected chi connectivity index (χ0v) is 14.0. The Balaban J connectivity index is 2.42. The molecule has 1 N–H and O–H groups in total. The van der Waals surface area contributed by atoms with E-state index in [1.165, 1.54) is 0 Å². The summed E-state index contributed by atoms with van der Waals surface area (Å²) in [5.74, 6) is 0.0630. The molecule has 2 aromatic carbocycles. The molecule has 0 heterocycles. The Kier molecular flexibility index (Phi) is 4.19. The number of fused-ring (bicyclic) bond motifs is 1. The van der Waals surface area contributed by atoms with E-state index in [1.807, 2.05) is 25.1 Å². The minimum Gasteiger partial charge on any atom is -0.325 e. The van der Waals surface area contributed by atoms with Crippen LogP contribution < -0.4 is 5.32 Å². The molecule has 0 bridgehead atoms. The van der Waals surface area contributed by atoms with Gasteiger partial charge in [0.2, 0.25) is 5.91 Å². The van der Waals surface area contributed by atoms with Crippen LogP contribution in [-0.4, -0.2) is 5.91 Å². The number of nitrogens with one attached hydrogen (secondary N) is 1. The molecule has 2 aromatic rings. The van der Waals surface area contributed by atoms with E-state index in [2.05, 4.69) is 54.2 Å². The molecule has 1 amide bonds. The van der Waals surface area contributed by atoms with Gasteiger partial charge in [-0.05, 0) is 29.4 Å². The van der Waals surface area contributed by atoms with Crippen LogP contribution in [-0.2, 0) is 4.79 Å². The molecular formula is C17H20BrNO. The monoisotopic (exact) mass is 333 g/mol. The molecule has 0 radical (unpaired) electrons. The molecule has 2 nitrogen and oxygen atoms in total. The first-order valence-electron chi connectivity index (χ1n) is 6.75. The molecule has 0 aliphatic carbocycles. The molecule has 0 saturated heterocycles. The highest BCUT2D eigenvalue weighted by molar-refractivity contribution is 9.10. The number of hydrogen-bond acceptors (Lipinski definition) is 1. The van der Waals surface area contributed by atoms with Crippen molar-refractivity contribution in [3.63, 3.8) is 0 Å². The van der Waals surface area contributed by atoms with E-state index in [4.69, 9.17) is 0 Å². The Morgan fingerprint density at radius 2 is 1.80 bits per heavy atom. The van der Waals surface area contributed by atoms with Gasteiger partial charge in [-0.2, -0.15) is 0 Å². The van der Waals surface area contributed by atoms with Crippen LogP contribution >= 0.6 is 15.9 Å². The van der Waals surface area contributed by atoms with Crippen molar-refractivity contribution in [3.8, 4) is 0 Å². The average molecular weight is 334 g/mol. The van der Waals surface area contributed by atoms with Gasteiger partial charge in [0.05, 0.1) is 5.69 Å². The van der Waals surface area contributed by atoms with Crippen molar-refractivity contribution in [3.05, 3.63) is 40.4 Å². The maximum Gasteiger partial charge on any atom is 0.224 e. The molecule has 2 rings (SSSR count). The lowest BCUT2D eigenvalue weighted by Crippen LogP contribution is -2.20. The second-order valence-corrected chi connectivity index (χ2v) is 7.24. The third-order valence-electron chi connectivity index (χ3n) is 3.15. The molecule has 0 atom stereocenters. The third-order valence-corrected chi connectivity index (χ3v) is 3.80. The summed E-state index contributed by atoms with van der Waals surface area (Å²) in [7, 11) is 0. The molecule has 0 aromatic heterocycles. The van der Waals surface area contributed by atoms with Gasteiger partial charge in [-0.1, -0.05) is 61.0 Å². The van der Waals surface area contributed by atoms with E-state index in [0.29, 0.717) is 6.42 Å². The second kappa shape index (κ2) is 5.57. The van der Waals surface area contributed by atoms with Crippen LogP contribution in [0, 0.1) is 12.3 Å². The fraction of sp³-hybridized carbons (Fsp3) is 0.353. The third kappa shape index (κ3) is 3.40. The van der Waals surface area contributed by atoms with E-state index in [9.17, 15) is 4.79 Å². The van der Waals surface area contributed by atoms with Crippen molar-refractivity contribution in [1.82, 2.24) is 0 Å². The maximum absolute atomic E-state index is 12.2. The number of amides is 1. The Hall–Kier alpha value is -1.35. The van der Waals surface area contributed by atoms with Gasteiger partial charge in [-0.3, -0.25) is 4.79 Å². The number of aryl methyl sites for hydroxylation is 1. The lowest BCUT2D eigenvalue weighted by molar-refractivity contribution is -0.117. The molecule has 0 aliphatic heterocycles. The Morgan fingerprint density at radius 3 is 2.40 bits per heavy atom. The van der Waals surface area contributed by atoms with Crippen LogP contribution in [0.1, 0.15) is 32.8 Å². The van der Waals surface area contributed by atoms with Crippen LogP contribution in [0.5, 0.6) is 0 Å². The predicted octanol–water partition coefficient (Wildman–Crippen LogP) is 5.29. The van der Waals surface area contributed by atoms with E-state index in [0.717, 1.165) is 26.5 Å². The van der Waals surface area contributed by atoms with E-state index in [-0.39, 0.29) is 11.3 Å². The topological polar surface area (TPSA) is 29.1 Å². The first kappa shape index (κ1) is 15.0. The minimum atomic E-state index is -0.0108. The first-order chi connectivity index (χ1) is 9.28. The standard InChI is InChI=1S/C17H20BrNO/c1-11-9-14(18)12-7-5-6-8-13(12)16(11)19-15(20)10-17(2,3)4/h5-9H,10H2,1-4H3,(H,19,20). The number of carbonyl (C=O) groups excluding carboxylic acids is 1. The fourth-order valence-corrected chi connectivity index (χ4v) is 2.98. The zero-order valence-electron chi connectivity index (χ0n) is 12.4. The summed E-state index contributed by atoms with van der Waals surface area (Å²) in [6.45, 7) is 8.22. The smallest absolute Gasteiger partial charge is 0.224 e. The number of benzene rings is 2. The van der Waals surface area contributed by atoms with E-state index < -0.39 is 0 Å². The number of anilines is 1. The lowest BCUT2D eigenvalue weighted by atomic mass is 9.92. The van der Waals surface area contributed by atoms with Gasteiger partial charge in [0.15, 0.2) is 0 Å². The molecule has 0 aliphatic rings. The van der Waals surface area contributed by atoms with Gasteiger partial charge in [0.25, 0.3) is 0 Å². The molecule has 20 heavy (non-hydrogen) atoms. The number of hydrogen-bond donors (Lipinski definition) is 1. The van der Waals surface area contributed by atoms with Gasteiger partial charge < -0.3 is 5.32 Å². The normalized spacial score (nSPS) is 11.7. The largest absolute Gasteiger partial charge is 0.325 e. The number of halogens is 1. The average Bonchev–Trinajstić information content (AvgIpc) is 2.32. The van der Waals surface area contributed by atoms with Crippen LogP contribution in [0.25, 0.3) is 10.8 Å². The molecule has 106 valence electrons. The first-order valence-corrected chi connectivity index (χ1v) is 7.55.